The molecule has 0 aliphatic carbocycles. The van der Waals surface area contributed by atoms with Crippen molar-refractivity contribution in [3.63, 3.8) is 0 Å². The average Bonchev–Trinajstić information content (AvgIpc) is 3.00. The largest absolute Gasteiger partial charge is 0.490 e. The Hall–Kier alpha value is -2.05. The number of hydrogen-bond donors (Lipinski definition) is 1. The number of para-hydroxylation sites is 1. The third kappa shape index (κ3) is 5.84. The van der Waals surface area contributed by atoms with Crippen LogP contribution in [0.3, 0.4) is 0 Å². The molecule has 1 aliphatic rings. The molecule has 0 aromatic heterocycles. The van der Waals surface area contributed by atoms with Crippen LogP contribution < -0.4 is 14.8 Å². The van der Waals surface area contributed by atoms with Gasteiger partial charge in [-0.3, -0.25) is 19.3 Å². The van der Waals surface area contributed by atoms with E-state index in [0.29, 0.717) is 40.4 Å². The zero-order chi connectivity index (χ0) is 23.3. The van der Waals surface area contributed by atoms with Crippen molar-refractivity contribution in [3.05, 3.63) is 54.9 Å². The number of carbonyl (C=O) groups excluding carboxylic acids is 3. The summed E-state index contributed by atoms with van der Waals surface area (Å²) in [5, 5.41) is 2.21. The van der Waals surface area contributed by atoms with E-state index in [0.717, 1.165) is 20.2 Å². The minimum absolute atomic E-state index is 0.242. The molecule has 2 aromatic carbocycles. The first-order valence-electron chi connectivity index (χ1n) is 9.72. The molecule has 2 aromatic rings. The van der Waals surface area contributed by atoms with Crippen LogP contribution in [0.15, 0.2) is 45.8 Å². The van der Waals surface area contributed by atoms with Crippen LogP contribution in [0.2, 0.25) is 0 Å². The predicted octanol–water partition coefficient (Wildman–Crippen LogP) is 5.53. The first kappa shape index (κ1) is 24.6. The lowest BCUT2D eigenvalue weighted by molar-refractivity contribution is -0.127. The zero-order valence-electron chi connectivity index (χ0n) is 17.3. The number of anilines is 1. The smallest absolute Gasteiger partial charge is 0.294 e. The number of imide groups is 1. The summed E-state index contributed by atoms with van der Waals surface area (Å²) in [6, 6.07) is 10.7. The topological polar surface area (TPSA) is 84.9 Å². The lowest BCUT2D eigenvalue weighted by Crippen LogP contribution is -2.36. The van der Waals surface area contributed by atoms with E-state index in [2.05, 4.69) is 43.8 Å². The Morgan fingerprint density at radius 1 is 1.19 bits per heavy atom. The molecule has 1 fully saturated rings. The van der Waals surface area contributed by atoms with Crippen molar-refractivity contribution in [2.45, 2.75) is 13.8 Å². The van der Waals surface area contributed by atoms with Crippen LogP contribution in [0.1, 0.15) is 19.4 Å². The van der Waals surface area contributed by atoms with E-state index < -0.39 is 17.1 Å². The van der Waals surface area contributed by atoms with E-state index in [-0.39, 0.29) is 11.4 Å². The fourth-order valence-electron chi connectivity index (χ4n) is 2.90. The lowest BCUT2D eigenvalue weighted by atomic mass is 10.2. The van der Waals surface area contributed by atoms with Gasteiger partial charge in [0, 0.05) is 4.47 Å². The highest BCUT2D eigenvalue weighted by Crippen LogP contribution is 2.37. The highest BCUT2D eigenvalue weighted by molar-refractivity contribution is 14.1. The number of carbonyl (C=O) groups is 3. The number of halogens is 2. The van der Waals surface area contributed by atoms with Crippen molar-refractivity contribution in [1.29, 1.82) is 0 Å². The fraction of sp³-hybridized carbons (Fsp3) is 0.227. The van der Waals surface area contributed by atoms with E-state index in [9.17, 15) is 14.4 Å². The van der Waals surface area contributed by atoms with Crippen LogP contribution in [0.4, 0.5) is 10.5 Å². The van der Waals surface area contributed by atoms with Crippen molar-refractivity contribution in [1.82, 2.24) is 4.90 Å². The van der Waals surface area contributed by atoms with Gasteiger partial charge in [-0.15, -0.1) is 0 Å². The molecule has 10 heteroatoms. The minimum atomic E-state index is -0.510. The third-order valence-electron chi connectivity index (χ3n) is 4.24. The van der Waals surface area contributed by atoms with Crippen molar-refractivity contribution in [2.75, 3.05) is 25.1 Å². The van der Waals surface area contributed by atoms with Crippen molar-refractivity contribution in [3.8, 4) is 11.5 Å². The summed E-state index contributed by atoms with van der Waals surface area (Å²) in [5.41, 5.74) is 1.26. The van der Waals surface area contributed by atoms with Gasteiger partial charge < -0.3 is 14.8 Å². The van der Waals surface area contributed by atoms with E-state index in [1.807, 2.05) is 26.0 Å². The fourth-order valence-corrected chi connectivity index (χ4v) is 4.91. The van der Waals surface area contributed by atoms with Gasteiger partial charge in [0.05, 0.1) is 27.4 Å². The van der Waals surface area contributed by atoms with Crippen LogP contribution in [-0.2, 0) is 9.59 Å². The van der Waals surface area contributed by atoms with Gasteiger partial charge in [0.2, 0.25) is 5.91 Å². The van der Waals surface area contributed by atoms with Gasteiger partial charge >= 0.3 is 0 Å². The van der Waals surface area contributed by atoms with Gasteiger partial charge in [-0.05, 0) is 100 Å². The van der Waals surface area contributed by atoms with Gasteiger partial charge in [0.25, 0.3) is 11.1 Å². The second-order valence-corrected chi connectivity index (χ2v) is 9.50. The maximum atomic E-state index is 12.8. The van der Waals surface area contributed by atoms with Crippen molar-refractivity contribution < 1.29 is 23.9 Å². The normalized spacial score (nSPS) is 14.8. The molecule has 1 aliphatic heterocycles. The monoisotopic (exact) mass is 630 g/mol. The highest BCUT2D eigenvalue weighted by atomic mass is 127. The van der Waals surface area contributed by atoms with E-state index in [1.54, 1.807) is 30.3 Å². The van der Waals surface area contributed by atoms with E-state index >= 15 is 0 Å². The van der Waals surface area contributed by atoms with Crippen LogP contribution in [0.5, 0.6) is 11.5 Å². The number of nitrogens with one attached hydrogen (secondary N) is 1. The Morgan fingerprint density at radius 2 is 1.91 bits per heavy atom. The van der Waals surface area contributed by atoms with Gasteiger partial charge in [-0.25, -0.2) is 0 Å². The van der Waals surface area contributed by atoms with Crippen molar-refractivity contribution in [2.24, 2.45) is 0 Å². The maximum Gasteiger partial charge on any atom is 0.294 e. The van der Waals surface area contributed by atoms with Crippen LogP contribution in [0.25, 0.3) is 6.08 Å². The molecule has 1 N–H and O–H groups in total. The predicted molar refractivity (Wildman–Crippen MR) is 137 cm³/mol. The summed E-state index contributed by atoms with van der Waals surface area (Å²) >= 11 is 6.30. The first-order chi connectivity index (χ1) is 15.3. The lowest BCUT2D eigenvalue weighted by Gasteiger charge is -2.14. The molecular formula is C22H20BrIN2O5S. The number of rotatable bonds is 8. The summed E-state index contributed by atoms with van der Waals surface area (Å²) < 4.78 is 12.9. The van der Waals surface area contributed by atoms with Crippen LogP contribution in [-0.4, -0.2) is 41.7 Å². The zero-order valence-corrected chi connectivity index (χ0v) is 21.9. The number of hydrogen-bond acceptors (Lipinski definition) is 6. The van der Waals surface area contributed by atoms with Crippen molar-refractivity contribution >= 4 is 79.1 Å². The van der Waals surface area contributed by atoms with Gasteiger partial charge in [0.15, 0.2) is 11.5 Å². The quantitative estimate of drug-likeness (QED) is 0.305. The molecule has 0 atom stereocenters. The third-order valence-corrected chi connectivity index (χ3v) is 6.64. The standard InChI is InChI=1S/C22H20BrIN2O5S/c1-3-30-17-10-13(9-15(24)20(17)31-4-2)11-18-21(28)26(22(29)32-18)12-19(27)25-16-8-6-5-7-14(16)23/h5-11H,3-4,12H2,1-2H3,(H,25,27)/b18-11+. The molecule has 7 nitrogen and oxygen atoms in total. The Balaban J connectivity index is 1.78. The van der Waals surface area contributed by atoms with E-state index in [1.165, 1.54) is 0 Å². The molecule has 0 radical (unpaired) electrons. The summed E-state index contributed by atoms with van der Waals surface area (Å²) in [6.07, 6.45) is 1.62. The molecule has 0 bridgehead atoms. The molecule has 0 saturated carbocycles. The number of amides is 3. The molecule has 0 spiro atoms. The second-order valence-electron chi connectivity index (χ2n) is 6.49. The van der Waals surface area contributed by atoms with Gasteiger partial charge in [0.1, 0.15) is 6.54 Å². The Morgan fingerprint density at radius 3 is 2.59 bits per heavy atom. The molecule has 168 valence electrons. The maximum absolute atomic E-state index is 12.8. The molecule has 3 amide bonds. The van der Waals surface area contributed by atoms with Gasteiger partial charge in [-0.1, -0.05) is 12.1 Å². The summed E-state index contributed by atoms with van der Waals surface area (Å²) in [5.74, 6) is 0.238. The number of ether oxygens (including phenoxy) is 2. The summed E-state index contributed by atoms with van der Waals surface area (Å²) in [6.45, 7) is 4.36. The molecule has 1 heterocycles. The second kappa shape index (κ2) is 11.2. The molecule has 1 saturated heterocycles. The van der Waals surface area contributed by atoms with Crippen LogP contribution in [0, 0.1) is 3.57 Å². The average molecular weight is 631 g/mol. The summed E-state index contributed by atoms with van der Waals surface area (Å²) in [7, 11) is 0. The molecular weight excluding hydrogens is 611 g/mol. The Labute approximate surface area is 212 Å². The molecule has 3 rings (SSSR count). The molecule has 32 heavy (non-hydrogen) atoms. The molecule has 0 unspecified atom stereocenters. The number of thioether (sulfide) groups is 1. The minimum Gasteiger partial charge on any atom is -0.490 e. The SMILES string of the molecule is CCOc1cc(/C=C2/SC(=O)N(CC(=O)Nc3ccccc3Br)C2=O)cc(I)c1OCC. The number of nitrogens with zero attached hydrogens (tertiary/aromatic N) is 1. The Kier molecular flexibility index (Phi) is 8.60. The first-order valence-corrected chi connectivity index (χ1v) is 12.4. The van der Waals surface area contributed by atoms with E-state index in [4.69, 9.17) is 9.47 Å². The Bertz CT molecular complexity index is 1090. The number of benzene rings is 2. The summed E-state index contributed by atoms with van der Waals surface area (Å²) in [4.78, 5) is 38.8. The highest BCUT2D eigenvalue weighted by Gasteiger charge is 2.36. The van der Waals surface area contributed by atoms with Crippen LogP contribution >= 0.6 is 50.3 Å². The van der Waals surface area contributed by atoms with Gasteiger partial charge in [-0.2, -0.15) is 0 Å².